The quantitative estimate of drug-likeness (QED) is 0.158. The van der Waals surface area contributed by atoms with Gasteiger partial charge in [0, 0.05) is 7.11 Å². The molecular formula is C34H60O4. The fraction of sp³-hybridized carbons (Fsp3) is 0.941. The topological polar surface area (TPSA) is 36.9 Å². The Kier molecular flexibility index (Phi) is 11.2. The molecule has 38 heavy (non-hydrogen) atoms. The van der Waals surface area contributed by atoms with Crippen molar-refractivity contribution in [1.29, 1.82) is 0 Å². The molecule has 0 heterocycles. The molecule has 4 aliphatic carbocycles. The van der Waals surface area contributed by atoms with Gasteiger partial charge in [0.1, 0.15) is 0 Å². The Morgan fingerprint density at radius 3 is 2.32 bits per heavy atom. The Bertz CT molecular complexity index is 749. The zero-order valence-electron chi connectivity index (χ0n) is 25.8. The van der Waals surface area contributed by atoms with Crippen molar-refractivity contribution in [3.05, 3.63) is 11.6 Å². The van der Waals surface area contributed by atoms with Gasteiger partial charge in [0.2, 0.25) is 0 Å². The summed E-state index contributed by atoms with van der Waals surface area (Å²) in [6, 6.07) is 0. The van der Waals surface area contributed by atoms with Gasteiger partial charge in [-0.1, -0.05) is 65.5 Å². The van der Waals surface area contributed by atoms with E-state index in [-0.39, 0.29) is 0 Å². The maximum atomic E-state index is 6.30. The van der Waals surface area contributed by atoms with E-state index in [0.717, 1.165) is 41.9 Å². The zero-order valence-corrected chi connectivity index (χ0v) is 25.8. The van der Waals surface area contributed by atoms with Gasteiger partial charge in [-0.25, -0.2) is 0 Å². The molecule has 4 rings (SSSR count). The number of methoxy groups -OCH3 is 1. The van der Waals surface area contributed by atoms with Crippen LogP contribution in [0.5, 0.6) is 0 Å². The molecule has 2 unspecified atom stereocenters. The lowest BCUT2D eigenvalue weighted by atomic mass is 9.47. The van der Waals surface area contributed by atoms with Crippen molar-refractivity contribution in [3.63, 3.8) is 0 Å². The molecule has 220 valence electrons. The van der Waals surface area contributed by atoms with Gasteiger partial charge < -0.3 is 18.9 Å². The molecular weight excluding hydrogens is 472 g/mol. The minimum atomic E-state index is 0.365. The third kappa shape index (κ3) is 6.89. The van der Waals surface area contributed by atoms with Gasteiger partial charge in [0.25, 0.3) is 0 Å². The van der Waals surface area contributed by atoms with E-state index >= 15 is 0 Å². The third-order valence-electron chi connectivity index (χ3n) is 11.6. The number of rotatable bonds is 15. The Labute approximate surface area is 235 Å². The van der Waals surface area contributed by atoms with Crippen molar-refractivity contribution in [1.82, 2.24) is 0 Å². The van der Waals surface area contributed by atoms with Crippen LogP contribution < -0.4 is 0 Å². The van der Waals surface area contributed by atoms with Gasteiger partial charge in [0.15, 0.2) is 0 Å². The van der Waals surface area contributed by atoms with Crippen molar-refractivity contribution >= 4 is 0 Å². The summed E-state index contributed by atoms with van der Waals surface area (Å²) in [5, 5.41) is 0. The molecule has 3 fully saturated rings. The first kappa shape index (κ1) is 30.5. The van der Waals surface area contributed by atoms with Crippen LogP contribution in [0.15, 0.2) is 11.6 Å². The van der Waals surface area contributed by atoms with E-state index in [0.29, 0.717) is 56.6 Å². The molecule has 0 saturated heterocycles. The SMILES string of the molecule is COCCOCCOCCOC1CC[C@@]2(C)C(=CC[C@H]3C4CC[C@H]([C@H](C)CCCC(C)C)[C@@]4(C)CC[C@@H]32)C1. The van der Waals surface area contributed by atoms with E-state index < -0.39 is 0 Å². The van der Waals surface area contributed by atoms with Crippen LogP contribution in [0.25, 0.3) is 0 Å². The van der Waals surface area contributed by atoms with E-state index in [1.807, 2.05) is 0 Å². The lowest BCUT2D eigenvalue weighted by molar-refractivity contribution is -0.0690. The third-order valence-corrected chi connectivity index (χ3v) is 11.6. The Balaban J connectivity index is 1.26. The Hall–Kier alpha value is -0.420. The highest BCUT2D eigenvalue weighted by molar-refractivity contribution is 5.25. The number of hydrogen-bond donors (Lipinski definition) is 0. The Morgan fingerprint density at radius 2 is 1.58 bits per heavy atom. The molecule has 0 aromatic heterocycles. The van der Waals surface area contributed by atoms with Gasteiger partial charge in [0.05, 0.1) is 45.7 Å². The fourth-order valence-electron chi connectivity index (χ4n) is 9.53. The predicted octanol–water partition coefficient (Wildman–Crippen LogP) is 8.09. The predicted molar refractivity (Wildman–Crippen MR) is 156 cm³/mol. The van der Waals surface area contributed by atoms with Crippen molar-refractivity contribution in [3.8, 4) is 0 Å². The minimum Gasteiger partial charge on any atom is -0.382 e. The second-order valence-electron chi connectivity index (χ2n) is 14.2. The highest BCUT2D eigenvalue weighted by Crippen LogP contribution is 2.67. The summed E-state index contributed by atoms with van der Waals surface area (Å²) >= 11 is 0. The zero-order chi connectivity index (χ0) is 27.2. The number of fused-ring (bicyclic) bond motifs is 5. The largest absolute Gasteiger partial charge is 0.382 e. The summed E-state index contributed by atoms with van der Waals surface area (Å²) in [6.07, 6.45) is 18.2. The van der Waals surface area contributed by atoms with Gasteiger partial charge in [-0.15, -0.1) is 0 Å². The average Bonchev–Trinajstić information content (AvgIpc) is 3.25. The molecule has 0 radical (unpaired) electrons. The maximum Gasteiger partial charge on any atom is 0.0704 e. The van der Waals surface area contributed by atoms with Crippen molar-refractivity contribution in [2.75, 3.05) is 46.8 Å². The lowest BCUT2D eigenvalue weighted by Crippen LogP contribution is -2.51. The van der Waals surface area contributed by atoms with Gasteiger partial charge in [-0.3, -0.25) is 0 Å². The molecule has 8 atom stereocenters. The molecule has 3 saturated carbocycles. The highest BCUT2D eigenvalue weighted by Gasteiger charge is 2.59. The molecule has 0 aromatic rings. The van der Waals surface area contributed by atoms with E-state index in [1.54, 1.807) is 12.7 Å². The van der Waals surface area contributed by atoms with Crippen LogP contribution in [0, 0.1) is 46.3 Å². The number of ether oxygens (including phenoxy) is 4. The standard InChI is InChI=1S/C34H60O4/c1-25(2)8-7-9-26(3)30-12-13-31-29-11-10-27-24-28(38-23-22-37-21-20-36-19-18-35-6)14-16-33(27,4)32(29)15-17-34(30,31)5/h10,25-26,28-32H,7-9,11-24H2,1-6H3/t26-,28?,29+,30-,31?,32+,33+,34-/m1/s1. The van der Waals surface area contributed by atoms with Crippen LogP contribution in [0.2, 0.25) is 0 Å². The first-order chi connectivity index (χ1) is 18.3. The molecule has 0 bridgehead atoms. The summed E-state index contributed by atoms with van der Waals surface area (Å²) in [7, 11) is 1.69. The molecule has 4 nitrogen and oxygen atoms in total. The molecule has 0 N–H and O–H groups in total. The molecule has 0 spiro atoms. The monoisotopic (exact) mass is 532 g/mol. The number of hydrogen-bond acceptors (Lipinski definition) is 4. The summed E-state index contributed by atoms with van der Waals surface area (Å²) in [6.45, 7) is 16.6. The molecule has 0 aromatic carbocycles. The summed E-state index contributed by atoms with van der Waals surface area (Å²) in [5.41, 5.74) is 2.71. The lowest BCUT2D eigenvalue weighted by Gasteiger charge is -2.58. The average molecular weight is 533 g/mol. The van der Waals surface area contributed by atoms with Gasteiger partial charge in [-0.2, -0.15) is 0 Å². The highest BCUT2D eigenvalue weighted by atomic mass is 16.6. The van der Waals surface area contributed by atoms with E-state index in [2.05, 4.69) is 40.7 Å². The smallest absolute Gasteiger partial charge is 0.0704 e. The summed E-state index contributed by atoms with van der Waals surface area (Å²) in [4.78, 5) is 0. The van der Waals surface area contributed by atoms with Crippen molar-refractivity contribution in [2.24, 2.45) is 46.3 Å². The van der Waals surface area contributed by atoms with Gasteiger partial charge in [-0.05, 0) is 97.7 Å². The van der Waals surface area contributed by atoms with Crippen LogP contribution in [0.3, 0.4) is 0 Å². The van der Waals surface area contributed by atoms with Crippen LogP contribution in [0.4, 0.5) is 0 Å². The van der Waals surface area contributed by atoms with E-state index in [9.17, 15) is 0 Å². The maximum absolute atomic E-state index is 6.30. The Morgan fingerprint density at radius 1 is 0.842 bits per heavy atom. The van der Waals surface area contributed by atoms with E-state index in [1.165, 1.54) is 64.2 Å². The minimum absolute atomic E-state index is 0.365. The molecule has 0 aliphatic heterocycles. The van der Waals surface area contributed by atoms with Crippen molar-refractivity contribution < 1.29 is 18.9 Å². The number of allylic oxidation sites excluding steroid dienone is 1. The first-order valence-electron chi connectivity index (χ1n) is 16.2. The molecule has 4 heteroatoms. The van der Waals surface area contributed by atoms with Crippen LogP contribution in [-0.2, 0) is 18.9 Å². The van der Waals surface area contributed by atoms with E-state index in [4.69, 9.17) is 18.9 Å². The molecule has 4 aliphatic rings. The molecule has 0 amide bonds. The normalized spacial score (nSPS) is 37.4. The van der Waals surface area contributed by atoms with Gasteiger partial charge >= 0.3 is 0 Å². The summed E-state index contributed by atoms with van der Waals surface area (Å²) < 4.78 is 22.5. The summed E-state index contributed by atoms with van der Waals surface area (Å²) in [5.74, 6) is 5.43. The second-order valence-corrected chi connectivity index (χ2v) is 14.2. The van der Waals surface area contributed by atoms with Crippen LogP contribution >= 0.6 is 0 Å². The second kappa shape index (κ2) is 14.0. The van der Waals surface area contributed by atoms with Crippen LogP contribution in [0.1, 0.15) is 105 Å². The van der Waals surface area contributed by atoms with Crippen LogP contribution in [-0.4, -0.2) is 52.9 Å². The first-order valence-corrected chi connectivity index (χ1v) is 16.2. The fourth-order valence-corrected chi connectivity index (χ4v) is 9.53. The van der Waals surface area contributed by atoms with Crippen molar-refractivity contribution in [2.45, 2.75) is 111 Å².